The third-order valence-corrected chi connectivity index (χ3v) is 6.91. The van der Waals surface area contributed by atoms with Crippen LogP contribution in [0.3, 0.4) is 0 Å². The van der Waals surface area contributed by atoms with Crippen molar-refractivity contribution in [1.29, 1.82) is 0 Å². The maximum Gasteiger partial charge on any atom is 0.317 e. The zero-order valence-electron chi connectivity index (χ0n) is 15.3. The molecule has 0 saturated carbocycles. The van der Waals surface area contributed by atoms with Gasteiger partial charge in [-0.05, 0) is 36.5 Å². The number of nitrogens with zero attached hydrogens (tertiary/aromatic N) is 2. The summed E-state index contributed by atoms with van der Waals surface area (Å²) in [7, 11) is -3.24. The highest BCUT2D eigenvalue weighted by Crippen LogP contribution is 2.25. The molecule has 0 aromatic heterocycles. The number of carbonyl (C=O) groups excluding carboxylic acids is 1. The van der Waals surface area contributed by atoms with Gasteiger partial charge in [0.25, 0.3) is 0 Å². The van der Waals surface area contributed by atoms with Crippen LogP contribution >= 0.6 is 0 Å². The van der Waals surface area contributed by atoms with Crippen molar-refractivity contribution in [1.82, 2.24) is 10.2 Å². The van der Waals surface area contributed by atoms with Crippen molar-refractivity contribution in [3.8, 4) is 0 Å². The van der Waals surface area contributed by atoms with E-state index in [-0.39, 0.29) is 30.8 Å². The first-order valence-electron chi connectivity index (χ1n) is 9.11. The van der Waals surface area contributed by atoms with Crippen LogP contribution in [0, 0.1) is 11.8 Å². The van der Waals surface area contributed by atoms with Gasteiger partial charge in [0.05, 0.1) is 17.4 Å². The van der Waals surface area contributed by atoms with Gasteiger partial charge in [-0.15, -0.1) is 0 Å². The minimum Gasteiger partial charge on any atom is -0.481 e. The summed E-state index contributed by atoms with van der Waals surface area (Å²) in [4.78, 5) is 25.2. The van der Waals surface area contributed by atoms with Gasteiger partial charge in [0.15, 0.2) is 0 Å². The van der Waals surface area contributed by atoms with Crippen LogP contribution in [0.25, 0.3) is 0 Å². The van der Waals surface area contributed by atoms with Gasteiger partial charge >= 0.3 is 12.0 Å². The number of nitrogens with one attached hydrogen (secondary N) is 1. The number of piperidine rings is 1. The van der Waals surface area contributed by atoms with E-state index in [0.29, 0.717) is 31.6 Å². The van der Waals surface area contributed by atoms with Crippen molar-refractivity contribution >= 4 is 27.7 Å². The number of carbonyl (C=O) groups is 2. The molecule has 2 atom stereocenters. The molecule has 2 unspecified atom stereocenters. The van der Waals surface area contributed by atoms with Gasteiger partial charge in [0, 0.05) is 26.2 Å². The summed E-state index contributed by atoms with van der Waals surface area (Å²) in [5.74, 6) is -1.12. The number of hydrogen-bond acceptors (Lipinski definition) is 4. The first-order valence-corrected chi connectivity index (χ1v) is 10.7. The van der Waals surface area contributed by atoms with Crippen LogP contribution < -0.4 is 9.62 Å². The SMILES string of the molecule is CC1CC(C(=O)O)CN(C(=O)NCc2cccc(N3CCCS3(=O)=O)c2)C1. The number of benzene rings is 1. The molecule has 2 saturated heterocycles. The van der Waals surface area contributed by atoms with E-state index < -0.39 is 21.9 Å². The van der Waals surface area contributed by atoms with E-state index in [1.807, 2.05) is 13.0 Å². The second-order valence-electron chi connectivity index (χ2n) is 7.35. The molecule has 27 heavy (non-hydrogen) atoms. The highest BCUT2D eigenvalue weighted by atomic mass is 32.2. The number of amides is 2. The lowest BCUT2D eigenvalue weighted by atomic mass is 9.91. The van der Waals surface area contributed by atoms with Gasteiger partial charge in [-0.3, -0.25) is 9.10 Å². The summed E-state index contributed by atoms with van der Waals surface area (Å²) in [5.41, 5.74) is 1.40. The normalized spacial score (nSPS) is 24.6. The Hall–Kier alpha value is -2.29. The Labute approximate surface area is 159 Å². The van der Waals surface area contributed by atoms with Crippen molar-refractivity contribution in [2.75, 3.05) is 29.7 Å². The fourth-order valence-corrected chi connectivity index (χ4v) is 5.29. The number of carboxylic acids is 1. The van der Waals surface area contributed by atoms with Crippen molar-refractivity contribution in [3.63, 3.8) is 0 Å². The number of anilines is 1. The molecule has 2 aliphatic rings. The maximum atomic E-state index is 12.4. The van der Waals surface area contributed by atoms with Crippen LogP contribution in [0.2, 0.25) is 0 Å². The van der Waals surface area contributed by atoms with E-state index in [2.05, 4.69) is 5.32 Å². The van der Waals surface area contributed by atoms with Crippen LogP contribution in [0.15, 0.2) is 24.3 Å². The molecule has 2 amide bonds. The molecule has 8 nitrogen and oxygen atoms in total. The van der Waals surface area contributed by atoms with E-state index in [9.17, 15) is 23.1 Å². The van der Waals surface area contributed by atoms with Crippen molar-refractivity contribution in [3.05, 3.63) is 29.8 Å². The molecule has 1 aromatic carbocycles. The molecule has 2 fully saturated rings. The molecule has 2 aliphatic heterocycles. The molecule has 0 aliphatic carbocycles. The monoisotopic (exact) mass is 395 g/mol. The second-order valence-corrected chi connectivity index (χ2v) is 9.36. The minimum atomic E-state index is -3.24. The van der Waals surface area contributed by atoms with E-state index in [0.717, 1.165) is 5.56 Å². The number of rotatable bonds is 4. The quantitative estimate of drug-likeness (QED) is 0.803. The molecule has 1 aromatic rings. The number of carboxylic acid groups (broad SMARTS) is 1. The molecule has 0 bridgehead atoms. The van der Waals surface area contributed by atoms with E-state index in [4.69, 9.17) is 0 Å². The molecule has 9 heteroatoms. The molecule has 148 valence electrons. The van der Waals surface area contributed by atoms with E-state index in [1.165, 1.54) is 4.31 Å². The lowest BCUT2D eigenvalue weighted by Gasteiger charge is -2.34. The Morgan fingerprint density at radius 2 is 2.07 bits per heavy atom. The number of likely N-dealkylation sites (tertiary alicyclic amines) is 1. The summed E-state index contributed by atoms with van der Waals surface area (Å²) in [6, 6.07) is 6.81. The number of aliphatic carboxylic acids is 1. The Morgan fingerprint density at radius 3 is 2.74 bits per heavy atom. The number of urea groups is 1. The second kappa shape index (κ2) is 7.75. The topological polar surface area (TPSA) is 107 Å². The molecular weight excluding hydrogens is 370 g/mol. The summed E-state index contributed by atoms with van der Waals surface area (Å²) in [5, 5.41) is 12.0. The molecule has 3 rings (SSSR count). The maximum absolute atomic E-state index is 12.4. The highest BCUT2D eigenvalue weighted by molar-refractivity contribution is 7.93. The Bertz CT molecular complexity index is 826. The molecule has 0 radical (unpaired) electrons. The number of hydrogen-bond donors (Lipinski definition) is 2. The van der Waals surface area contributed by atoms with Crippen molar-refractivity contribution in [2.45, 2.75) is 26.3 Å². The summed E-state index contributed by atoms with van der Waals surface area (Å²) in [6.07, 6.45) is 1.19. The third-order valence-electron chi connectivity index (χ3n) is 5.04. The van der Waals surface area contributed by atoms with Crippen LogP contribution in [-0.4, -0.2) is 55.8 Å². The predicted molar refractivity (Wildman–Crippen MR) is 101 cm³/mol. The Morgan fingerprint density at radius 1 is 1.30 bits per heavy atom. The Balaban J connectivity index is 1.62. The molecule has 0 spiro atoms. The van der Waals surface area contributed by atoms with Crippen molar-refractivity contribution < 1.29 is 23.1 Å². The van der Waals surface area contributed by atoms with Crippen molar-refractivity contribution in [2.24, 2.45) is 11.8 Å². The summed E-state index contributed by atoms with van der Waals surface area (Å²) < 4.78 is 25.5. The lowest BCUT2D eigenvalue weighted by Crippen LogP contribution is -2.49. The standard InChI is InChI=1S/C18H25N3O5S/c1-13-8-15(17(22)23)12-20(11-13)18(24)19-10-14-4-2-5-16(9-14)21-6-3-7-27(21,25)26/h2,4-5,9,13,15H,3,6-8,10-12H2,1H3,(H,19,24)(H,22,23). The van der Waals surface area contributed by atoms with Gasteiger partial charge in [0.2, 0.25) is 10.0 Å². The largest absolute Gasteiger partial charge is 0.481 e. The third kappa shape index (κ3) is 4.52. The zero-order chi connectivity index (χ0) is 19.6. The zero-order valence-corrected chi connectivity index (χ0v) is 16.1. The first kappa shape index (κ1) is 19.5. The average Bonchev–Trinajstić information content (AvgIpc) is 2.98. The van der Waals surface area contributed by atoms with E-state index in [1.54, 1.807) is 23.1 Å². The molecule has 2 heterocycles. The van der Waals surface area contributed by atoms with Crippen LogP contribution in [0.4, 0.5) is 10.5 Å². The van der Waals surface area contributed by atoms with Gasteiger partial charge in [-0.25, -0.2) is 13.2 Å². The highest BCUT2D eigenvalue weighted by Gasteiger charge is 2.32. The van der Waals surface area contributed by atoms with Gasteiger partial charge < -0.3 is 15.3 Å². The summed E-state index contributed by atoms with van der Waals surface area (Å²) in [6.45, 7) is 3.40. The predicted octanol–water partition coefficient (Wildman–Crippen LogP) is 1.48. The molecular formula is C18H25N3O5S. The minimum absolute atomic E-state index is 0.134. The van der Waals surface area contributed by atoms with Gasteiger partial charge in [0.1, 0.15) is 0 Å². The van der Waals surface area contributed by atoms with Crippen LogP contribution in [-0.2, 0) is 21.4 Å². The first-order chi connectivity index (χ1) is 12.8. The fraction of sp³-hybridized carbons (Fsp3) is 0.556. The van der Waals surface area contributed by atoms with Crippen LogP contribution in [0.5, 0.6) is 0 Å². The number of sulfonamides is 1. The average molecular weight is 395 g/mol. The summed E-state index contributed by atoms with van der Waals surface area (Å²) >= 11 is 0. The van der Waals surface area contributed by atoms with Crippen LogP contribution in [0.1, 0.15) is 25.3 Å². The van der Waals surface area contributed by atoms with Gasteiger partial charge in [-0.1, -0.05) is 19.1 Å². The van der Waals surface area contributed by atoms with E-state index >= 15 is 0 Å². The molecule has 2 N–H and O–H groups in total. The Kier molecular flexibility index (Phi) is 5.59. The smallest absolute Gasteiger partial charge is 0.317 e. The fourth-order valence-electron chi connectivity index (χ4n) is 3.74. The lowest BCUT2D eigenvalue weighted by molar-refractivity contribution is -0.143. The van der Waals surface area contributed by atoms with Gasteiger partial charge in [-0.2, -0.15) is 0 Å².